The Balaban J connectivity index is 1.48. The second kappa shape index (κ2) is 8.75. The summed E-state index contributed by atoms with van der Waals surface area (Å²) in [5, 5.41) is 8.97. The van der Waals surface area contributed by atoms with E-state index >= 15 is 0 Å². The molecule has 4 rings (SSSR count). The zero-order chi connectivity index (χ0) is 21.1. The third-order valence-corrected chi connectivity index (χ3v) is 5.61. The predicted octanol–water partition coefficient (Wildman–Crippen LogP) is 3.59. The van der Waals surface area contributed by atoms with Gasteiger partial charge in [-0.05, 0) is 55.8 Å². The van der Waals surface area contributed by atoms with Gasteiger partial charge in [0.25, 0.3) is 5.91 Å². The maximum absolute atomic E-state index is 13.2. The van der Waals surface area contributed by atoms with Crippen LogP contribution in [0.5, 0.6) is 5.75 Å². The number of benzene rings is 2. The molecule has 2 heterocycles. The Morgan fingerprint density at radius 2 is 1.83 bits per heavy atom. The van der Waals surface area contributed by atoms with Crippen molar-refractivity contribution < 1.29 is 9.53 Å². The SMILES string of the molecule is COc1ccc(N2CCCN(C(=O)c3nnn(-c4cccc(Cl)c4)c3C)CC2)cc1. The van der Waals surface area contributed by atoms with E-state index in [2.05, 4.69) is 27.3 Å². The minimum absolute atomic E-state index is 0.0858. The number of carbonyl (C=O) groups is 1. The van der Waals surface area contributed by atoms with Crippen LogP contribution in [0.25, 0.3) is 5.69 Å². The lowest BCUT2D eigenvalue weighted by atomic mass is 10.2. The van der Waals surface area contributed by atoms with Gasteiger partial charge in [0.1, 0.15) is 5.75 Å². The van der Waals surface area contributed by atoms with Gasteiger partial charge < -0.3 is 14.5 Å². The maximum atomic E-state index is 13.2. The van der Waals surface area contributed by atoms with E-state index in [0.717, 1.165) is 36.6 Å². The van der Waals surface area contributed by atoms with Crippen LogP contribution in [-0.4, -0.2) is 59.1 Å². The van der Waals surface area contributed by atoms with Gasteiger partial charge in [-0.2, -0.15) is 0 Å². The predicted molar refractivity (Wildman–Crippen MR) is 117 cm³/mol. The van der Waals surface area contributed by atoms with E-state index in [1.807, 2.05) is 36.1 Å². The van der Waals surface area contributed by atoms with Gasteiger partial charge in [-0.25, -0.2) is 4.68 Å². The smallest absolute Gasteiger partial charge is 0.276 e. The van der Waals surface area contributed by atoms with Crippen molar-refractivity contribution in [2.75, 3.05) is 38.2 Å². The number of nitrogens with zero attached hydrogens (tertiary/aromatic N) is 5. The molecular weight excluding hydrogens is 402 g/mol. The van der Waals surface area contributed by atoms with E-state index < -0.39 is 0 Å². The number of hydrogen-bond acceptors (Lipinski definition) is 5. The summed E-state index contributed by atoms with van der Waals surface area (Å²) in [5.74, 6) is 0.751. The highest BCUT2D eigenvalue weighted by Crippen LogP contribution is 2.22. The minimum Gasteiger partial charge on any atom is -0.497 e. The topological polar surface area (TPSA) is 63.5 Å². The number of hydrogen-bond donors (Lipinski definition) is 0. The van der Waals surface area contributed by atoms with Gasteiger partial charge in [-0.15, -0.1) is 5.10 Å². The quantitative estimate of drug-likeness (QED) is 0.639. The Kier molecular flexibility index (Phi) is 5.90. The Morgan fingerprint density at radius 3 is 2.57 bits per heavy atom. The summed E-state index contributed by atoms with van der Waals surface area (Å²) < 4.78 is 6.89. The molecule has 8 heteroatoms. The number of carbonyl (C=O) groups excluding carboxylic acids is 1. The van der Waals surface area contributed by atoms with E-state index in [-0.39, 0.29) is 5.91 Å². The summed E-state index contributed by atoms with van der Waals surface area (Å²) in [6.07, 6.45) is 0.888. The van der Waals surface area contributed by atoms with Gasteiger partial charge in [0.05, 0.1) is 18.5 Å². The molecule has 0 saturated carbocycles. The first kappa shape index (κ1) is 20.2. The first-order valence-corrected chi connectivity index (χ1v) is 10.3. The molecule has 7 nitrogen and oxygen atoms in total. The Morgan fingerprint density at radius 1 is 1.03 bits per heavy atom. The van der Waals surface area contributed by atoms with Crippen molar-refractivity contribution in [3.8, 4) is 11.4 Å². The fraction of sp³-hybridized carbons (Fsp3) is 0.318. The Bertz CT molecular complexity index is 1030. The van der Waals surface area contributed by atoms with Crippen molar-refractivity contribution in [2.24, 2.45) is 0 Å². The molecule has 0 atom stereocenters. The second-order valence-corrected chi connectivity index (χ2v) is 7.68. The summed E-state index contributed by atoms with van der Waals surface area (Å²) in [7, 11) is 1.66. The van der Waals surface area contributed by atoms with Crippen LogP contribution in [-0.2, 0) is 0 Å². The molecular formula is C22H24ClN5O2. The standard InChI is InChI=1S/C22H24ClN5O2/c1-16-21(24-25-28(16)19-6-3-5-17(23)15-19)22(29)27-12-4-11-26(13-14-27)18-7-9-20(30-2)10-8-18/h3,5-10,15H,4,11-14H2,1-2H3. The molecule has 1 aliphatic heterocycles. The van der Waals surface area contributed by atoms with Crippen LogP contribution in [0.4, 0.5) is 5.69 Å². The number of halogens is 1. The largest absolute Gasteiger partial charge is 0.497 e. The zero-order valence-corrected chi connectivity index (χ0v) is 17.8. The molecule has 0 N–H and O–H groups in total. The number of anilines is 1. The number of ether oxygens (including phenoxy) is 1. The van der Waals surface area contributed by atoms with E-state index in [4.69, 9.17) is 16.3 Å². The fourth-order valence-electron chi connectivity index (χ4n) is 3.70. The maximum Gasteiger partial charge on any atom is 0.276 e. The molecule has 3 aromatic rings. The molecule has 2 aromatic carbocycles. The van der Waals surface area contributed by atoms with Crippen molar-refractivity contribution in [1.82, 2.24) is 19.9 Å². The van der Waals surface area contributed by atoms with Crippen LogP contribution < -0.4 is 9.64 Å². The van der Waals surface area contributed by atoms with Crippen LogP contribution in [0.1, 0.15) is 22.6 Å². The minimum atomic E-state index is -0.0858. The van der Waals surface area contributed by atoms with Crippen LogP contribution in [0, 0.1) is 6.92 Å². The second-order valence-electron chi connectivity index (χ2n) is 7.25. The molecule has 0 aliphatic carbocycles. The third-order valence-electron chi connectivity index (χ3n) is 5.37. The first-order chi connectivity index (χ1) is 14.6. The van der Waals surface area contributed by atoms with Crippen molar-refractivity contribution >= 4 is 23.2 Å². The van der Waals surface area contributed by atoms with Crippen molar-refractivity contribution in [1.29, 1.82) is 0 Å². The van der Waals surface area contributed by atoms with E-state index in [0.29, 0.717) is 29.5 Å². The summed E-state index contributed by atoms with van der Waals surface area (Å²) in [5.41, 5.74) is 3.01. The fourth-order valence-corrected chi connectivity index (χ4v) is 3.89. The lowest BCUT2D eigenvalue weighted by molar-refractivity contribution is 0.0760. The van der Waals surface area contributed by atoms with Crippen LogP contribution in [0.3, 0.4) is 0 Å². The lowest BCUT2D eigenvalue weighted by Gasteiger charge is -2.23. The molecule has 1 fully saturated rings. The van der Waals surface area contributed by atoms with E-state index in [1.54, 1.807) is 23.9 Å². The molecule has 0 spiro atoms. The Labute approximate surface area is 180 Å². The number of methoxy groups -OCH3 is 1. The summed E-state index contributed by atoms with van der Waals surface area (Å²) in [4.78, 5) is 17.3. The van der Waals surface area contributed by atoms with Gasteiger partial charge in [0, 0.05) is 36.9 Å². The molecule has 1 aliphatic rings. The monoisotopic (exact) mass is 425 g/mol. The summed E-state index contributed by atoms with van der Waals surface area (Å²) in [6.45, 7) is 4.84. The van der Waals surface area contributed by atoms with Crippen LogP contribution in [0.15, 0.2) is 48.5 Å². The number of rotatable bonds is 4. The molecule has 30 heavy (non-hydrogen) atoms. The first-order valence-electron chi connectivity index (χ1n) is 9.93. The van der Waals surface area contributed by atoms with Crippen molar-refractivity contribution in [3.05, 3.63) is 64.9 Å². The average molecular weight is 426 g/mol. The number of aromatic nitrogens is 3. The van der Waals surface area contributed by atoms with E-state index in [1.165, 1.54) is 0 Å². The molecule has 0 radical (unpaired) electrons. The van der Waals surface area contributed by atoms with Gasteiger partial charge in [-0.3, -0.25) is 4.79 Å². The van der Waals surface area contributed by atoms with Gasteiger partial charge >= 0.3 is 0 Å². The van der Waals surface area contributed by atoms with E-state index in [9.17, 15) is 4.79 Å². The highest BCUT2D eigenvalue weighted by Gasteiger charge is 2.25. The highest BCUT2D eigenvalue weighted by molar-refractivity contribution is 6.30. The highest BCUT2D eigenvalue weighted by atomic mass is 35.5. The third kappa shape index (κ3) is 4.11. The molecule has 1 saturated heterocycles. The molecule has 1 amide bonds. The number of amides is 1. The van der Waals surface area contributed by atoms with Crippen molar-refractivity contribution in [3.63, 3.8) is 0 Å². The van der Waals surface area contributed by atoms with Gasteiger partial charge in [-0.1, -0.05) is 22.9 Å². The molecule has 0 bridgehead atoms. The summed E-state index contributed by atoms with van der Waals surface area (Å²) >= 11 is 6.09. The average Bonchev–Trinajstić information content (AvgIpc) is 2.98. The lowest BCUT2D eigenvalue weighted by Crippen LogP contribution is -2.35. The Hall–Kier alpha value is -3.06. The van der Waals surface area contributed by atoms with Gasteiger partial charge in [0.15, 0.2) is 5.69 Å². The van der Waals surface area contributed by atoms with Gasteiger partial charge in [0.2, 0.25) is 0 Å². The molecule has 156 valence electrons. The molecule has 1 aromatic heterocycles. The van der Waals surface area contributed by atoms with Crippen LogP contribution in [0.2, 0.25) is 5.02 Å². The summed E-state index contributed by atoms with van der Waals surface area (Å²) in [6, 6.07) is 15.4. The zero-order valence-electron chi connectivity index (χ0n) is 17.1. The van der Waals surface area contributed by atoms with Crippen molar-refractivity contribution in [2.45, 2.75) is 13.3 Å². The van der Waals surface area contributed by atoms with Crippen LogP contribution >= 0.6 is 11.6 Å². The normalized spacial score (nSPS) is 14.5. The molecule has 0 unspecified atom stereocenters.